The van der Waals surface area contributed by atoms with Crippen LogP contribution in [0.2, 0.25) is 5.02 Å². The Morgan fingerprint density at radius 3 is 2.96 bits per heavy atom. The molecular weight excluding hydrogens is 396 g/mol. The average molecular weight is 419 g/mol. The average Bonchev–Trinajstić information content (AvgIpc) is 3.02. The summed E-state index contributed by atoms with van der Waals surface area (Å²) in [5.41, 5.74) is 11.7. The first-order valence-electron chi connectivity index (χ1n) is 9.38. The molecule has 0 saturated heterocycles. The highest BCUT2D eigenvalue weighted by atomic mass is 35.5. The third-order valence-corrected chi connectivity index (χ3v) is 6.98. The molecule has 0 bridgehead atoms. The summed E-state index contributed by atoms with van der Waals surface area (Å²) in [7, 11) is 0. The van der Waals surface area contributed by atoms with Gasteiger partial charge in [-0.2, -0.15) is 0 Å². The van der Waals surface area contributed by atoms with Gasteiger partial charge in [-0.3, -0.25) is 0 Å². The molecule has 1 aromatic heterocycles. The topological polar surface area (TPSA) is 63.3 Å². The summed E-state index contributed by atoms with van der Waals surface area (Å²) >= 11 is 9.59. The Kier molecular flexibility index (Phi) is 5.76. The number of thiazole rings is 1. The smallest absolute Gasteiger partial charge is 0.188 e. The van der Waals surface area contributed by atoms with Gasteiger partial charge >= 0.3 is 0 Å². The summed E-state index contributed by atoms with van der Waals surface area (Å²) in [6.07, 6.45) is 6.63. The van der Waals surface area contributed by atoms with Gasteiger partial charge in [-0.25, -0.2) is 9.98 Å². The molecule has 1 aliphatic heterocycles. The molecule has 2 aliphatic rings. The van der Waals surface area contributed by atoms with Crippen molar-refractivity contribution in [1.29, 1.82) is 0 Å². The van der Waals surface area contributed by atoms with Crippen molar-refractivity contribution in [3.63, 3.8) is 0 Å². The van der Waals surface area contributed by atoms with Crippen molar-refractivity contribution in [3.8, 4) is 0 Å². The minimum absolute atomic E-state index is 0.642. The van der Waals surface area contributed by atoms with Crippen LogP contribution in [0.25, 0.3) is 5.70 Å². The predicted octanol–water partition coefficient (Wildman–Crippen LogP) is 5.99. The van der Waals surface area contributed by atoms with Crippen LogP contribution >= 0.6 is 34.7 Å². The number of nitrogens with two attached hydrogens (primary N) is 1. The minimum Gasteiger partial charge on any atom is -0.378 e. The minimum atomic E-state index is 0.642. The molecule has 1 aliphatic carbocycles. The number of anilines is 2. The number of rotatable bonds is 4. The fraction of sp³-hybridized carbons (Fsp3) is 0.400. The number of aryl methyl sites for hydroxylation is 2. The fourth-order valence-electron chi connectivity index (χ4n) is 3.51. The van der Waals surface area contributed by atoms with Crippen molar-refractivity contribution in [2.75, 3.05) is 11.1 Å². The number of hydrogen-bond donors (Lipinski definition) is 2. The number of hydrogen-bond acceptors (Lipinski definition) is 6. The Bertz CT molecular complexity index is 917. The normalized spacial score (nSPS) is 16.9. The van der Waals surface area contributed by atoms with Crippen LogP contribution in [0.4, 0.5) is 10.8 Å². The molecule has 0 spiro atoms. The lowest BCUT2D eigenvalue weighted by molar-refractivity contribution is 0.727. The first-order valence-corrected chi connectivity index (χ1v) is 11.6. The number of nitrogens with one attached hydrogen (secondary N) is 1. The van der Waals surface area contributed by atoms with E-state index in [1.807, 2.05) is 12.1 Å². The third-order valence-electron chi connectivity index (χ3n) is 4.84. The van der Waals surface area contributed by atoms with Gasteiger partial charge in [-0.15, -0.1) is 11.3 Å². The Hall–Kier alpha value is -1.50. The second kappa shape index (κ2) is 8.25. The summed E-state index contributed by atoms with van der Waals surface area (Å²) in [6.45, 7) is 2.19. The molecular formula is C20H23ClN4S2. The molecule has 142 valence electrons. The molecule has 2 aromatic rings. The van der Waals surface area contributed by atoms with Crippen LogP contribution in [0.1, 0.15) is 48.7 Å². The summed E-state index contributed by atoms with van der Waals surface area (Å²) in [6, 6.07) is 6.04. The van der Waals surface area contributed by atoms with Gasteiger partial charge in [-0.1, -0.05) is 42.8 Å². The molecule has 0 fully saturated rings. The van der Waals surface area contributed by atoms with Gasteiger partial charge < -0.3 is 11.1 Å². The lowest BCUT2D eigenvalue weighted by Gasteiger charge is -2.19. The second-order valence-electron chi connectivity index (χ2n) is 6.87. The molecule has 3 N–H and O–H groups in total. The number of benzene rings is 1. The zero-order valence-electron chi connectivity index (χ0n) is 15.3. The quantitative estimate of drug-likeness (QED) is 0.639. The molecule has 2 heterocycles. The number of aromatic nitrogens is 1. The monoisotopic (exact) mass is 418 g/mol. The number of fused-ring (bicyclic) bond motifs is 2. The fourth-order valence-corrected chi connectivity index (χ4v) is 5.46. The van der Waals surface area contributed by atoms with E-state index in [9.17, 15) is 0 Å². The summed E-state index contributed by atoms with van der Waals surface area (Å²) in [5, 5.41) is 5.80. The first-order chi connectivity index (χ1) is 13.1. The van der Waals surface area contributed by atoms with Crippen LogP contribution in [0, 0.1) is 0 Å². The molecule has 0 radical (unpaired) electrons. The van der Waals surface area contributed by atoms with E-state index < -0.39 is 0 Å². The van der Waals surface area contributed by atoms with Gasteiger partial charge in [0.25, 0.3) is 0 Å². The highest BCUT2D eigenvalue weighted by molar-refractivity contribution is 8.14. The van der Waals surface area contributed by atoms with Crippen LogP contribution in [0.5, 0.6) is 0 Å². The zero-order valence-corrected chi connectivity index (χ0v) is 17.7. The number of halogens is 1. The van der Waals surface area contributed by atoms with Crippen LogP contribution in [-0.4, -0.2) is 15.9 Å². The maximum atomic E-state index is 6.24. The molecule has 1 aromatic carbocycles. The van der Waals surface area contributed by atoms with Crippen LogP contribution in [0.15, 0.2) is 28.8 Å². The van der Waals surface area contributed by atoms with E-state index in [0.717, 1.165) is 58.7 Å². The molecule has 4 nitrogen and oxygen atoms in total. The zero-order chi connectivity index (χ0) is 18.8. The van der Waals surface area contributed by atoms with Gasteiger partial charge in [0.05, 0.1) is 5.70 Å². The van der Waals surface area contributed by atoms with Crippen molar-refractivity contribution in [3.05, 3.63) is 44.9 Å². The van der Waals surface area contributed by atoms with Crippen LogP contribution < -0.4 is 11.1 Å². The third kappa shape index (κ3) is 4.18. The standard InChI is InChI=1S/C20H23ClN4S2/c1-2-5-12-8-9-14(21)10-15(12)23-20-25-18-16(27-20)7-4-3-6-13-11-26-19(22)24-17(13)18/h8-10H,2-7,11H2,1H3,(H2,22,24)(H,23,25). The number of nitrogens with zero attached hydrogens (tertiary/aromatic N) is 2. The lowest BCUT2D eigenvalue weighted by atomic mass is 10.00. The SMILES string of the molecule is CCCc1ccc(Cl)cc1Nc1nc2c(s1)CCCCC1=C2N=C(N)SC1. The molecule has 0 unspecified atom stereocenters. The highest BCUT2D eigenvalue weighted by Gasteiger charge is 2.24. The van der Waals surface area contributed by atoms with Crippen molar-refractivity contribution < 1.29 is 0 Å². The van der Waals surface area contributed by atoms with Crippen molar-refractivity contribution >= 4 is 56.4 Å². The van der Waals surface area contributed by atoms with Gasteiger partial charge in [0.1, 0.15) is 5.69 Å². The Balaban J connectivity index is 1.71. The lowest BCUT2D eigenvalue weighted by Crippen LogP contribution is -2.15. The van der Waals surface area contributed by atoms with Gasteiger partial charge in [-0.05, 0) is 55.4 Å². The maximum Gasteiger partial charge on any atom is 0.188 e. The molecule has 27 heavy (non-hydrogen) atoms. The van der Waals surface area contributed by atoms with E-state index in [-0.39, 0.29) is 0 Å². The Labute approximate surface area is 173 Å². The maximum absolute atomic E-state index is 6.24. The molecule has 0 amide bonds. The van der Waals surface area contributed by atoms with Gasteiger partial charge in [0, 0.05) is 21.3 Å². The van der Waals surface area contributed by atoms with E-state index in [1.54, 1.807) is 23.1 Å². The number of aliphatic imine (C=N–C) groups is 1. The van der Waals surface area contributed by atoms with Crippen molar-refractivity contribution in [1.82, 2.24) is 4.98 Å². The van der Waals surface area contributed by atoms with E-state index in [4.69, 9.17) is 22.3 Å². The summed E-state index contributed by atoms with van der Waals surface area (Å²) in [4.78, 5) is 10.9. The van der Waals surface area contributed by atoms with E-state index in [1.165, 1.54) is 28.9 Å². The van der Waals surface area contributed by atoms with Gasteiger partial charge in [0.2, 0.25) is 0 Å². The summed E-state index contributed by atoms with van der Waals surface area (Å²) < 4.78 is 0. The summed E-state index contributed by atoms with van der Waals surface area (Å²) in [5.74, 6) is 0.930. The number of thioether (sulfide) groups is 1. The van der Waals surface area contributed by atoms with Gasteiger partial charge in [0.15, 0.2) is 10.3 Å². The second-order valence-corrected chi connectivity index (χ2v) is 9.38. The van der Waals surface area contributed by atoms with E-state index >= 15 is 0 Å². The number of amidine groups is 1. The molecule has 4 rings (SSSR count). The van der Waals surface area contributed by atoms with E-state index in [0.29, 0.717) is 5.17 Å². The Morgan fingerprint density at radius 1 is 1.26 bits per heavy atom. The highest BCUT2D eigenvalue weighted by Crippen LogP contribution is 2.39. The van der Waals surface area contributed by atoms with Crippen molar-refractivity contribution in [2.24, 2.45) is 10.7 Å². The molecule has 0 saturated carbocycles. The van der Waals surface area contributed by atoms with E-state index in [2.05, 4.69) is 23.3 Å². The largest absolute Gasteiger partial charge is 0.378 e. The van der Waals surface area contributed by atoms with Crippen molar-refractivity contribution in [2.45, 2.75) is 45.4 Å². The Morgan fingerprint density at radius 2 is 2.11 bits per heavy atom. The molecule has 0 atom stereocenters. The predicted molar refractivity (Wildman–Crippen MR) is 119 cm³/mol. The molecule has 7 heteroatoms. The first kappa shape index (κ1) is 18.8. The van der Waals surface area contributed by atoms with Crippen LogP contribution in [0.3, 0.4) is 0 Å². The van der Waals surface area contributed by atoms with Crippen LogP contribution in [-0.2, 0) is 12.8 Å².